The number of fused-ring (bicyclic) bond motifs is 1. The molecule has 94 valence electrons. The van der Waals surface area contributed by atoms with Gasteiger partial charge < -0.3 is 10.2 Å². The Kier molecular flexibility index (Phi) is 2.92. The summed E-state index contributed by atoms with van der Waals surface area (Å²) in [7, 11) is 0. The summed E-state index contributed by atoms with van der Waals surface area (Å²) in [5.41, 5.74) is 6.82. The van der Waals surface area contributed by atoms with Crippen LogP contribution in [-0.2, 0) is 0 Å². The number of para-hydroxylation sites is 1. The SMILES string of the molecule is NC1CCCCC1C(=O)c1cc2ccccc2o1. The van der Waals surface area contributed by atoms with Crippen molar-refractivity contribution < 1.29 is 9.21 Å². The van der Waals surface area contributed by atoms with Gasteiger partial charge in [0, 0.05) is 17.3 Å². The van der Waals surface area contributed by atoms with Crippen LogP contribution < -0.4 is 5.73 Å². The number of hydrogen-bond acceptors (Lipinski definition) is 3. The summed E-state index contributed by atoms with van der Waals surface area (Å²) in [6, 6.07) is 9.51. The lowest BCUT2D eigenvalue weighted by Crippen LogP contribution is -2.37. The molecule has 0 aliphatic heterocycles. The van der Waals surface area contributed by atoms with Crippen LogP contribution in [0.4, 0.5) is 0 Å². The first-order valence-electron chi connectivity index (χ1n) is 6.54. The highest BCUT2D eigenvalue weighted by molar-refractivity contribution is 5.99. The van der Waals surface area contributed by atoms with E-state index in [1.54, 1.807) is 0 Å². The van der Waals surface area contributed by atoms with Gasteiger partial charge in [-0.05, 0) is 25.0 Å². The molecule has 0 bridgehead atoms. The Balaban J connectivity index is 1.91. The third kappa shape index (κ3) is 1.95. The van der Waals surface area contributed by atoms with Gasteiger partial charge in [0.25, 0.3) is 0 Å². The Morgan fingerprint density at radius 2 is 2.00 bits per heavy atom. The monoisotopic (exact) mass is 243 g/mol. The number of hydrogen-bond donors (Lipinski definition) is 1. The molecule has 1 fully saturated rings. The summed E-state index contributed by atoms with van der Waals surface area (Å²) in [6.07, 6.45) is 4.04. The summed E-state index contributed by atoms with van der Waals surface area (Å²) in [6.45, 7) is 0. The maximum Gasteiger partial charge on any atom is 0.202 e. The fourth-order valence-corrected chi connectivity index (χ4v) is 2.77. The predicted molar refractivity (Wildman–Crippen MR) is 70.5 cm³/mol. The number of ketones is 1. The van der Waals surface area contributed by atoms with Crippen LogP contribution in [0.1, 0.15) is 36.2 Å². The third-order valence-corrected chi connectivity index (χ3v) is 3.82. The molecule has 0 saturated heterocycles. The summed E-state index contributed by atoms with van der Waals surface area (Å²) in [5, 5.41) is 0.977. The standard InChI is InChI=1S/C15H17NO2/c16-12-7-3-2-6-11(12)15(17)14-9-10-5-1-4-8-13(10)18-14/h1,4-5,8-9,11-12H,2-3,6-7,16H2. The van der Waals surface area contributed by atoms with Crippen LogP contribution in [0, 0.1) is 5.92 Å². The Bertz CT molecular complexity index is 540. The van der Waals surface area contributed by atoms with Crippen LogP contribution in [0.5, 0.6) is 0 Å². The van der Waals surface area contributed by atoms with E-state index in [-0.39, 0.29) is 17.7 Å². The van der Waals surface area contributed by atoms with E-state index in [0.29, 0.717) is 5.76 Å². The normalized spacial score (nSPS) is 24.3. The van der Waals surface area contributed by atoms with Crippen molar-refractivity contribution in [3.05, 3.63) is 36.1 Å². The van der Waals surface area contributed by atoms with Crippen molar-refractivity contribution >= 4 is 16.8 Å². The van der Waals surface area contributed by atoms with Gasteiger partial charge in [0.2, 0.25) is 5.78 Å². The van der Waals surface area contributed by atoms with Crippen molar-refractivity contribution in [2.24, 2.45) is 11.7 Å². The first-order valence-corrected chi connectivity index (χ1v) is 6.54. The molecule has 0 spiro atoms. The fourth-order valence-electron chi connectivity index (χ4n) is 2.77. The Morgan fingerprint density at radius 1 is 1.22 bits per heavy atom. The van der Waals surface area contributed by atoms with E-state index in [2.05, 4.69) is 0 Å². The quantitative estimate of drug-likeness (QED) is 0.824. The predicted octanol–water partition coefficient (Wildman–Crippen LogP) is 3.13. The number of rotatable bonds is 2. The van der Waals surface area contributed by atoms with Crippen LogP contribution in [0.3, 0.4) is 0 Å². The molecule has 2 atom stereocenters. The van der Waals surface area contributed by atoms with E-state index in [4.69, 9.17) is 10.2 Å². The molecule has 1 aromatic carbocycles. The van der Waals surface area contributed by atoms with Crippen molar-refractivity contribution in [1.82, 2.24) is 0 Å². The zero-order valence-corrected chi connectivity index (χ0v) is 10.3. The van der Waals surface area contributed by atoms with E-state index < -0.39 is 0 Å². The van der Waals surface area contributed by atoms with Gasteiger partial charge in [0.15, 0.2) is 5.76 Å². The first kappa shape index (κ1) is 11.5. The van der Waals surface area contributed by atoms with Crippen molar-refractivity contribution in [3.63, 3.8) is 0 Å². The average Bonchev–Trinajstić information content (AvgIpc) is 2.82. The summed E-state index contributed by atoms with van der Waals surface area (Å²) >= 11 is 0. The third-order valence-electron chi connectivity index (χ3n) is 3.82. The van der Waals surface area contributed by atoms with E-state index in [1.165, 1.54) is 0 Å². The van der Waals surface area contributed by atoms with Crippen LogP contribution in [-0.4, -0.2) is 11.8 Å². The van der Waals surface area contributed by atoms with Gasteiger partial charge in [-0.15, -0.1) is 0 Å². The Labute approximate surface area is 106 Å². The maximum absolute atomic E-state index is 12.4. The molecule has 1 aliphatic rings. The fraction of sp³-hybridized carbons (Fsp3) is 0.400. The number of Topliss-reactive ketones (excluding diaryl/α,β-unsaturated/α-hetero) is 1. The molecule has 3 heteroatoms. The first-order chi connectivity index (χ1) is 8.75. The zero-order valence-electron chi connectivity index (χ0n) is 10.3. The van der Waals surface area contributed by atoms with Gasteiger partial charge in [-0.3, -0.25) is 4.79 Å². The second kappa shape index (κ2) is 4.58. The molecule has 3 rings (SSSR count). The lowest BCUT2D eigenvalue weighted by Gasteiger charge is -2.26. The van der Waals surface area contributed by atoms with E-state index in [1.807, 2.05) is 30.3 Å². The second-order valence-electron chi connectivity index (χ2n) is 5.07. The lowest BCUT2D eigenvalue weighted by atomic mass is 9.81. The van der Waals surface area contributed by atoms with Gasteiger partial charge in [-0.25, -0.2) is 0 Å². The molecule has 2 aromatic rings. The Hall–Kier alpha value is -1.61. The highest BCUT2D eigenvalue weighted by Gasteiger charge is 2.30. The molecular weight excluding hydrogens is 226 g/mol. The highest BCUT2D eigenvalue weighted by atomic mass is 16.3. The summed E-state index contributed by atoms with van der Waals surface area (Å²) in [5.74, 6) is 0.455. The lowest BCUT2D eigenvalue weighted by molar-refractivity contribution is 0.0844. The van der Waals surface area contributed by atoms with Crippen molar-refractivity contribution in [2.45, 2.75) is 31.7 Å². The van der Waals surface area contributed by atoms with Crippen LogP contribution in [0.15, 0.2) is 34.7 Å². The molecule has 2 N–H and O–H groups in total. The average molecular weight is 243 g/mol. The Morgan fingerprint density at radius 3 is 2.78 bits per heavy atom. The summed E-state index contributed by atoms with van der Waals surface area (Å²) < 4.78 is 5.63. The van der Waals surface area contributed by atoms with Crippen molar-refractivity contribution in [1.29, 1.82) is 0 Å². The smallest absolute Gasteiger partial charge is 0.202 e. The zero-order chi connectivity index (χ0) is 12.5. The number of carbonyl (C=O) groups is 1. The molecular formula is C15H17NO2. The van der Waals surface area contributed by atoms with Crippen molar-refractivity contribution in [3.8, 4) is 0 Å². The van der Waals surface area contributed by atoms with Gasteiger partial charge >= 0.3 is 0 Å². The highest BCUT2D eigenvalue weighted by Crippen LogP contribution is 2.28. The van der Waals surface area contributed by atoms with Crippen LogP contribution in [0.25, 0.3) is 11.0 Å². The molecule has 0 radical (unpaired) electrons. The molecule has 3 nitrogen and oxygen atoms in total. The van der Waals surface area contributed by atoms with Crippen molar-refractivity contribution in [2.75, 3.05) is 0 Å². The molecule has 1 saturated carbocycles. The molecule has 1 heterocycles. The van der Waals surface area contributed by atoms with E-state index in [9.17, 15) is 4.79 Å². The largest absolute Gasteiger partial charge is 0.453 e. The van der Waals surface area contributed by atoms with Gasteiger partial charge in [-0.1, -0.05) is 31.0 Å². The van der Waals surface area contributed by atoms with Gasteiger partial charge in [-0.2, -0.15) is 0 Å². The molecule has 2 unspecified atom stereocenters. The molecule has 18 heavy (non-hydrogen) atoms. The minimum atomic E-state index is -0.0701. The van der Waals surface area contributed by atoms with Crippen LogP contribution >= 0.6 is 0 Å². The number of benzene rings is 1. The molecule has 1 aliphatic carbocycles. The summed E-state index contributed by atoms with van der Waals surface area (Å²) in [4.78, 5) is 12.4. The maximum atomic E-state index is 12.4. The van der Waals surface area contributed by atoms with Gasteiger partial charge in [0.1, 0.15) is 5.58 Å². The number of furan rings is 1. The van der Waals surface area contributed by atoms with E-state index >= 15 is 0 Å². The second-order valence-corrected chi connectivity index (χ2v) is 5.07. The number of carbonyl (C=O) groups excluding carboxylic acids is 1. The van der Waals surface area contributed by atoms with E-state index in [0.717, 1.165) is 36.7 Å². The minimum absolute atomic E-state index is 0.0144. The molecule has 0 amide bonds. The topological polar surface area (TPSA) is 56.2 Å². The van der Waals surface area contributed by atoms with Gasteiger partial charge in [0.05, 0.1) is 0 Å². The minimum Gasteiger partial charge on any atom is -0.453 e. The number of nitrogens with two attached hydrogens (primary N) is 1. The van der Waals surface area contributed by atoms with Crippen LogP contribution in [0.2, 0.25) is 0 Å². The molecule has 1 aromatic heterocycles.